The summed E-state index contributed by atoms with van der Waals surface area (Å²) >= 11 is 0. The van der Waals surface area contributed by atoms with Gasteiger partial charge in [0.15, 0.2) is 0 Å². The summed E-state index contributed by atoms with van der Waals surface area (Å²) in [5.41, 5.74) is -0.674. The lowest BCUT2D eigenvalue weighted by molar-refractivity contribution is -0.137. The fourth-order valence-electron chi connectivity index (χ4n) is 1.86. The topological polar surface area (TPSA) is 40.5 Å². The second kappa shape index (κ2) is 4.78. The van der Waals surface area contributed by atoms with Gasteiger partial charge in [0.2, 0.25) is 5.91 Å². The van der Waals surface area contributed by atoms with Crippen molar-refractivity contribution in [1.82, 2.24) is 4.90 Å². The second-order valence-electron chi connectivity index (χ2n) is 4.20. The highest BCUT2D eigenvalue weighted by atomic mass is 16.3. The molecule has 0 aromatic heterocycles. The van der Waals surface area contributed by atoms with Crippen LogP contribution >= 0.6 is 0 Å². The first-order valence-corrected chi connectivity index (χ1v) is 5.61. The molecular formula is C11H21NO2. The average molecular weight is 199 g/mol. The van der Waals surface area contributed by atoms with Gasteiger partial charge in [0.1, 0.15) is 0 Å². The fourth-order valence-corrected chi connectivity index (χ4v) is 1.86. The molecule has 14 heavy (non-hydrogen) atoms. The van der Waals surface area contributed by atoms with Gasteiger partial charge >= 0.3 is 0 Å². The van der Waals surface area contributed by atoms with Crippen LogP contribution in [0.3, 0.4) is 0 Å². The van der Waals surface area contributed by atoms with E-state index >= 15 is 0 Å². The quantitative estimate of drug-likeness (QED) is 0.746. The standard InChI is InChI=1S/C11H21NO2/c1-3-11(14,4-2)9-12-8-6-5-7-10(12)13/h14H,3-9H2,1-2H3. The summed E-state index contributed by atoms with van der Waals surface area (Å²) < 4.78 is 0. The minimum Gasteiger partial charge on any atom is -0.388 e. The molecule has 1 fully saturated rings. The summed E-state index contributed by atoms with van der Waals surface area (Å²) in [7, 11) is 0. The molecule has 0 spiro atoms. The molecule has 82 valence electrons. The van der Waals surface area contributed by atoms with Gasteiger partial charge in [-0.25, -0.2) is 0 Å². The molecule has 0 radical (unpaired) electrons. The van der Waals surface area contributed by atoms with Crippen LogP contribution < -0.4 is 0 Å². The van der Waals surface area contributed by atoms with E-state index < -0.39 is 5.60 Å². The van der Waals surface area contributed by atoms with E-state index in [9.17, 15) is 9.90 Å². The van der Waals surface area contributed by atoms with Crippen LogP contribution in [0.5, 0.6) is 0 Å². The lowest BCUT2D eigenvalue weighted by Gasteiger charge is -2.35. The van der Waals surface area contributed by atoms with Crippen LogP contribution in [0.25, 0.3) is 0 Å². The molecule has 1 heterocycles. The van der Waals surface area contributed by atoms with Crippen molar-refractivity contribution in [2.45, 2.75) is 51.6 Å². The van der Waals surface area contributed by atoms with E-state index in [0.717, 1.165) is 19.4 Å². The van der Waals surface area contributed by atoms with Crippen molar-refractivity contribution < 1.29 is 9.90 Å². The smallest absolute Gasteiger partial charge is 0.222 e. The van der Waals surface area contributed by atoms with Crippen LogP contribution in [0.2, 0.25) is 0 Å². The van der Waals surface area contributed by atoms with Crippen molar-refractivity contribution in [1.29, 1.82) is 0 Å². The van der Waals surface area contributed by atoms with Gasteiger partial charge in [-0.05, 0) is 25.7 Å². The first kappa shape index (κ1) is 11.5. The monoisotopic (exact) mass is 199 g/mol. The summed E-state index contributed by atoms with van der Waals surface area (Å²) in [6, 6.07) is 0. The van der Waals surface area contributed by atoms with Gasteiger partial charge in [-0.3, -0.25) is 4.79 Å². The molecule has 0 aliphatic carbocycles. The van der Waals surface area contributed by atoms with Crippen molar-refractivity contribution in [3.8, 4) is 0 Å². The molecule has 1 saturated heterocycles. The largest absolute Gasteiger partial charge is 0.388 e. The lowest BCUT2D eigenvalue weighted by atomic mass is 9.95. The van der Waals surface area contributed by atoms with E-state index in [1.807, 2.05) is 18.7 Å². The first-order valence-electron chi connectivity index (χ1n) is 5.61. The third-order valence-corrected chi connectivity index (χ3v) is 3.22. The van der Waals surface area contributed by atoms with E-state index in [1.165, 1.54) is 0 Å². The Morgan fingerprint density at radius 2 is 2.00 bits per heavy atom. The SMILES string of the molecule is CCC(O)(CC)CN1CCCCC1=O. The Kier molecular flexibility index (Phi) is 3.93. The van der Waals surface area contributed by atoms with Gasteiger partial charge in [0.25, 0.3) is 0 Å². The molecule has 1 N–H and O–H groups in total. The predicted octanol–water partition coefficient (Wildman–Crippen LogP) is 1.55. The number of β-amino-alcohol motifs (C(OH)–C–C–N with tert-alkyl or cyclic N) is 1. The van der Waals surface area contributed by atoms with Crippen molar-refractivity contribution in [3.05, 3.63) is 0 Å². The highest BCUT2D eigenvalue weighted by Gasteiger charge is 2.29. The van der Waals surface area contributed by atoms with Gasteiger partial charge < -0.3 is 10.0 Å². The maximum Gasteiger partial charge on any atom is 0.222 e. The molecule has 1 aliphatic heterocycles. The number of piperidine rings is 1. The summed E-state index contributed by atoms with van der Waals surface area (Å²) in [5, 5.41) is 10.1. The molecular weight excluding hydrogens is 178 g/mol. The normalized spacial score (nSPS) is 18.8. The molecule has 0 saturated carbocycles. The Morgan fingerprint density at radius 3 is 2.50 bits per heavy atom. The van der Waals surface area contributed by atoms with Crippen molar-refractivity contribution >= 4 is 5.91 Å². The Labute approximate surface area is 86.1 Å². The minimum atomic E-state index is -0.674. The number of carbonyl (C=O) groups excluding carboxylic acids is 1. The number of rotatable bonds is 4. The zero-order chi connectivity index (χ0) is 10.6. The van der Waals surface area contributed by atoms with E-state index in [-0.39, 0.29) is 5.91 Å². The van der Waals surface area contributed by atoms with Crippen LogP contribution in [0.15, 0.2) is 0 Å². The van der Waals surface area contributed by atoms with Crippen molar-refractivity contribution in [3.63, 3.8) is 0 Å². The van der Waals surface area contributed by atoms with Crippen LogP contribution in [0.4, 0.5) is 0 Å². The van der Waals surface area contributed by atoms with Gasteiger partial charge in [-0.2, -0.15) is 0 Å². The average Bonchev–Trinajstić information content (AvgIpc) is 2.21. The van der Waals surface area contributed by atoms with Crippen LogP contribution in [-0.4, -0.2) is 34.6 Å². The number of hydrogen-bond acceptors (Lipinski definition) is 2. The first-order chi connectivity index (χ1) is 6.61. The number of likely N-dealkylation sites (tertiary alicyclic amines) is 1. The van der Waals surface area contributed by atoms with Crippen molar-refractivity contribution in [2.24, 2.45) is 0 Å². The summed E-state index contributed by atoms with van der Waals surface area (Å²) in [6.45, 7) is 5.27. The highest BCUT2D eigenvalue weighted by Crippen LogP contribution is 2.19. The zero-order valence-corrected chi connectivity index (χ0v) is 9.25. The number of amides is 1. The lowest BCUT2D eigenvalue weighted by Crippen LogP contribution is -2.46. The fraction of sp³-hybridized carbons (Fsp3) is 0.909. The molecule has 0 unspecified atom stereocenters. The maximum atomic E-state index is 11.5. The molecule has 0 atom stereocenters. The summed E-state index contributed by atoms with van der Waals surface area (Å²) in [5.74, 6) is 0.205. The molecule has 1 aliphatic rings. The number of aliphatic hydroxyl groups is 1. The Bertz CT molecular complexity index is 199. The Hall–Kier alpha value is -0.570. The number of hydrogen-bond donors (Lipinski definition) is 1. The number of carbonyl (C=O) groups is 1. The molecule has 1 rings (SSSR count). The summed E-state index contributed by atoms with van der Waals surface area (Å²) in [6.07, 6.45) is 4.17. The van der Waals surface area contributed by atoms with Crippen molar-refractivity contribution in [2.75, 3.05) is 13.1 Å². The molecule has 0 bridgehead atoms. The molecule has 0 aromatic carbocycles. The third kappa shape index (κ3) is 2.71. The van der Waals surface area contributed by atoms with E-state index in [4.69, 9.17) is 0 Å². The Balaban J connectivity index is 2.52. The molecule has 0 aromatic rings. The zero-order valence-electron chi connectivity index (χ0n) is 9.25. The summed E-state index contributed by atoms with van der Waals surface area (Å²) in [4.78, 5) is 13.3. The van der Waals surface area contributed by atoms with Crippen LogP contribution in [-0.2, 0) is 4.79 Å². The second-order valence-corrected chi connectivity index (χ2v) is 4.20. The van der Waals surface area contributed by atoms with Gasteiger partial charge in [0.05, 0.1) is 5.60 Å². The highest BCUT2D eigenvalue weighted by molar-refractivity contribution is 5.76. The van der Waals surface area contributed by atoms with Gasteiger partial charge in [-0.15, -0.1) is 0 Å². The maximum absolute atomic E-state index is 11.5. The molecule has 3 nitrogen and oxygen atoms in total. The number of nitrogens with zero attached hydrogens (tertiary/aromatic N) is 1. The van der Waals surface area contributed by atoms with E-state index in [0.29, 0.717) is 25.8 Å². The molecule has 1 amide bonds. The predicted molar refractivity (Wildman–Crippen MR) is 56.0 cm³/mol. The van der Waals surface area contributed by atoms with Crippen LogP contribution in [0, 0.1) is 0 Å². The van der Waals surface area contributed by atoms with Gasteiger partial charge in [-0.1, -0.05) is 13.8 Å². The van der Waals surface area contributed by atoms with Gasteiger partial charge in [0, 0.05) is 19.5 Å². The molecule has 3 heteroatoms. The third-order valence-electron chi connectivity index (χ3n) is 3.22. The van der Waals surface area contributed by atoms with E-state index in [2.05, 4.69) is 0 Å². The van der Waals surface area contributed by atoms with Crippen LogP contribution in [0.1, 0.15) is 46.0 Å². The van der Waals surface area contributed by atoms with E-state index in [1.54, 1.807) is 0 Å². The minimum absolute atomic E-state index is 0.205. The Morgan fingerprint density at radius 1 is 1.36 bits per heavy atom.